The highest BCUT2D eigenvalue weighted by atomic mass is 79.9. The number of hydrogen-bond donors (Lipinski definition) is 1. The van der Waals surface area contributed by atoms with Gasteiger partial charge in [0, 0.05) is 4.47 Å². The molecule has 0 bridgehead atoms. The molecule has 122 valence electrons. The SMILES string of the molecule is O=C1S/C(=C/c2ccc(O)c(Br)c2)C(=O)N1Cc1ccccc1Br. The van der Waals surface area contributed by atoms with E-state index in [2.05, 4.69) is 31.9 Å². The number of thioether (sulfide) groups is 1. The number of rotatable bonds is 3. The molecule has 2 aromatic rings. The van der Waals surface area contributed by atoms with Crippen molar-refractivity contribution < 1.29 is 14.7 Å². The standard InChI is InChI=1S/C17H11Br2NO3S/c18-12-4-2-1-3-11(12)9-20-16(22)15(24-17(20)23)8-10-5-6-14(21)13(19)7-10/h1-8,21H,9H2/b15-8+. The summed E-state index contributed by atoms with van der Waals surface area (Å²) in [4.78, 5) is 26.3. The molecule has 0 unspecified atom stereocenters. The van der Waals surface area contributed by atoms with Gasteiger partial charge in [0.05, 0.1) is 15.9 Å². The first-order valence-electron chi connectivity index (χ1n) is 6.93. The van der Waals surface area contributed by atoms with Gasteiger partial charge >= 0.3 is 0 Å². The lowest BCUT2D eigenvalue weighted by Gasteiger charge is -2.13. The second kappa shape index (κ2) is 7.13. The quantitative estimate of drug-likeness (QED) is 0.632. The molecular formula is C17H11Br2NO3S. The van der Waals surface area contributed by atoms with Gasteiger partial charge in [0.15, 0.2) is 0 Å². The summed E-state index contributed by atoms with van der Waals surface area (Å²) in [7, 11) is 0. The molecule has 1 saturated heterocycles. The number of carbonyl (C=O) groups is 2. The molecule has 1 fully saturated rings. The molecule has 4 nitrogen and oxygen atoms in total. The minimum atomic E-state index is -0.315. The molecule has 0 spiro atoms. The van der Waals surface area contributed by atoms with E-state index in [0.717, 1.165) is 27.4 Å². The van der Waals surface area contributed by atoms with Crippen LogP contribution in [-0.4, -0.2) is 21.2 Å². The molecule has 1 aliphatic rings. The predicted molar refractivity (Wildman–Crippen MR) is 101 cm³/mol. The molecule has 7 heteroatoms. The van der Waals surface area contributed by atoms with Crippen molar-refractivity contribution in [3.8, 4) is 5.75 Å². The zero-order valence-corrected chi connectivity index (χ0v) is 16.2. The molecule has 2 amide bonds. The number of carbonyl (C=O) groups excluding carboxylic acids is 2. The van der Waals surface area contributed by atoms with E-state index in [1.807, 2.05) is 24.3 Å². The van der Waals surface area contributed by atoms with Gasteiger partial charge in [0.2, 0.25) is 0 Å². The Bertz CT molecular complexity index is 867. The fourth-order valence-corrected chi connectivity index (χ4v) is 3.84. The number of imide groups is 1. The van der Waals surface area contributed by atoms with Crippen molar-refractivity contribution in [2.45, 2.75) is 6.54 Å². The maximum atomic E-state index is 12.5. The van der Waals surface area contributed by atoms with E-state index in [1.165, 1.54) is 11.0 Å². The van der Waals surface area contributed by atoms with E-state index in [-0.39, 0.29) is 23.4 Å². The largest absolute Gasteiger partial charge is 0.507 e. The molecule has 0 atom stereocenters. The fourth-order valence-electron chi connectivity index (χ4n) is 2.20. The van der Waals surface area contributed by atoms with Crippen molar-refractivity contribution in [1.29, 1.82) is 0 Å². The molecule has 24 heavy (non-hydrogen) atoms. The smallest absolute Gasteiger partial charge is 0.293 e. The third-order valence-corrected chi connectivity index (χ3v) is 5.75. The molecular weight excluding hydrogens is 458 g/mol. The number of aromatic hydroxyl groups is 1. The summed E-state index contributed by atoms with van der Waals surface area (Å²) in [5.74, 6) is -0.195. The average Bonchev–Trinajstić information content (AvgIpc) is 2.80. The predicted octanol–water partition coefficient (Wildman–Crippen LogP) is 5.15. The first-order chi connectivity index (χ1) is 11.5. The molecule has 1 aliphatic heterocycles. The number of benzene rings is 2. The van der Waals surface area contributed by atoms with Crippen LogP contribution in [0.2, 0.25) is 0 Å². The maximum Gasteiger partial charge on any atom is 0.293 e. The lowest BCUT2D eigenvalue weighted by molar-refractivity contribution is -0.123. The number of hydrogen-bond acceptors (Lipinski definition) is 4. The van der Waals surface area contributed by atoms with E-state index >= 15 is 0 Å². The van der Waals surface area contributed by atoms with Crippen LogP contribution in [0.25, 0.3) is 6.08 Å². The molecule has 0 saturated carbocycles. The van der Waals surface area contributed by atoms with Gasteiger partial charge in [-0.25, -0.2) is 0 Å². The highest BCUT2D eigenvalue weighted by Crippen LogP contribution is 2.35. The lowest BCUT2D eigenvalue weighted by atomic mass is 10.2. The molecule has 1 N–H and O–H groups in total. The summed E-state index contributed by atoms with van der Waals surface area (Å²) in [5.41, 5.74) is 1.60. The number of halogens is 2. The van der Waals surface area contributed by atoms with Crippen molar-refractivity contribution in [3.05, 3.63) is 67.4 Å². The van der Waals surface area contributed by atoms with Crippen LogP contribution in [0, 0.1) is 0 Å². The Labute approximate surface area is 159 Å². The van der Waals surface area contributed by atoms with Crippen molar-refractivity contribution >= 4 is 60.8 Å². The zero-order chi connectivity index (χ0) is 17.3. The van der Waals surface area contributed by atoms with Crippen molar-refractivity contribution in [1.82, 2.24) is 4.90 Å². The number of amides is 2. The van der Waals surface area contributed by atoms with E-state index in [0.29, 0.717) is 9.38 Å². The first kappa shape index (κ1) is 17.3. The minimum absolute atomic E-state index is 0.120. The summed E-state index contributed by atoms with van der Waals surface area (Å²) in [5, 5.41) is 9.23. The van der Waals surface area contributed by atoms with Gasteiger partial charge in [-0.15, -0.1) is 0 Å². The zero-order valence-electron chi connectivity index (χ0n) is 12.2. The molecule has 2 aromatic carbocycles. The summed E-state index contributed by atoms with van der Waals surface area (Å²) in [6.45, 7) is 0.225. The average molecular weight is 469 g/mol. The van der Waals surface area contributed by atoms with Crippen molar-refractivity contribution in [2.75, 3.05) is 0 Å². The van der Waals surface area contributed by atoms with Crippen LogP contribution in [0.15, 0.2) is 56.3 Å². The minimum Gasteiger partial charge on any atom is -0.507 e. The number of phenolic OH excluding ortho intramolecular Hbond substituents is 1. The van der Waals surface area contributed by atoms with Gasteiger partial charge in [0.25, 0.3) is 11.1 Å². The van der Waals surface area contributed by atoms with Gasteiger partial charge in [-0.2, -0.15) is 0 Å². The third kappa shape index (κ3) is 3.58. The summed E-state index contributed by atoms with van der Waals surface area (Å²) in [6, 6.07) is 12.4. The Morgan fingerprint density at radius 3 is 2.54 bits per heavy atom. The monoisotopic (exact) mass is 467 g/mol. The van der Waals surface area contributed by atoms with Crippen LogP contribution < -0.4 is 0 Å². The van der Waals surface area contributed by atoms with Crippen LogP contribution in [0.5, 0.6) is 5.75 Å². The first-order valence-corrected chi connectivity index (χ1v) is 9.33. The van der Waals surface area contributed by atoms with Gasteiger partial charge in [-0.3, -0.25) is 14.5 Å². The van der Waals surface area contributed by atoms with Crippen LogP contribution in [0.4, 0.5) is 4.79 Å². The topological polar surface area (TPSA) is 57.6 Å². The molecule has 0 aromatic heterocycles. The number of nitrogens with zero attached hydrogens (tertiary/aromatic N) is 1. The number of phenols is 1. The van der Waals surface area contributed by atoms with Crippen LogP contribution >= 0.6 is 43.6 Å². The lowest BCUT2D eigenvalue weighted by Crippen LogP contribution is -2.27. The van der Waals surface area contributed by atoms with Crippen LogP contribution in [0.1, 0.15) is 11.1 Å². The van der Waals surface area contributed by atoms with E-state index in [4.69, 9.17) is 0 Å². The van der Waals surface area contributed by atoms with Crippen molar-refractivity contribution in [3.63, 3.8) is 0 Å². The van der Waals surface area contributed by atoms with E-state index < -0.39 is 0 Å². The summed E-state index contributed by atoms with van der Waals surface area (Å²) >= 11 is 7.58. The summed E-state index contributed by atoms with van der Waals surface area (Å²) < 4.78 is 1.39. The third-order valence-electron chi connectivity index (χ3n) is 3.43. The van der Waals surface area contributed by atoms with Gasteiger partial charge in [-0.05, 0) is 63.1 Å². The maximum absolute atomic E-state index is 12.5. The van der Waals surface area contributed by atoms with Crippen LogP contribution in [0.3, 0.4) is 0 Å². The Kier molecular flexibility index (Phi) is 5.12. The van der Waals surface area contributed by atoms with Gasteiger partial charge in [0.1, 0.15) is 5.75 Å². The Balaban J connectivity index is 1.84. The molecule has 1 heterocycles. The highest BCUT2D eigenvalue weighted by Gasteiger charge is 2.35. The Morgan fingerprint density at radius 2 is 1.83 bits per heavy atom. The second-order valence-electron chi connectivity index (χ2n) is 5.07. The molecule has 3 rings (SSSR count). The molecule has 0 radical (unpaired) electrons. The Hall–Kier alpha value is -1.57. The van der Waals surface area contributed by atoms with Gasteiger partial charge in [-0.1, -0.05) is 40.2 Å². The second-order valence-corrected chi connectivity index (χ2v) is 7.77. The normalized spacial score (nSPS) is 16.2. The highest BCUT2D eigenvalue weighted by molar-refractivity contribution is 9.10. The van der Waals surface area contributed by atoms with E-state index in [1.54, 1.807) is 18.2 Å². The molecule has 0 aliphatic carbocycles. The summed E-state index contributed by atoms with van der Waals surface area (Å²) in [6.07, 6.45) is 1.65. The Morgan fingerprint density at radius 1 is 1.08 bits per heavy atom. The van der Waals surface area contributed by atoms with Gasteiger partial charge < -0.3 is 5.11 Å². The van der Waals surface area contributed by atoms with Crippen molar-refractivity contribution in [2.24, 2.45) is 0 Å². The van der Waals surface area contributed by atoms with E-state index in [9.17, 15) is 14.7 Å². The van der Waals surface area contributed by atoms with Crippen LogP contribution in [-0.2, 0) is 11.3 Å². The fraction of sp³-hybridized carbons (Fsp3) is 0.0588.